The van der Waals surface area contributed by atoms with E-state index in [4.69, 9.17) is 4.74 Å². The van der Waals surface area contributed by atoms with Crippen molar-refractivity contribution in [2.75, 3.05) is 7.11 Å². The van der Waals surface area contributed by atoms with Gasteiger partial charge in [-0.25, -0.2) is 4.98 Å². The summed E-state index contributed by atoms with van der Waals surface area (Å²) in [6.45, 7) is 16.0. The second kappa shape index (κ2) is 14.4. The van der Waals surface area contributed by atoms with Crippen molar-refractivity contribution in [2.45, 2.75) is 68.2 Å². The number of fused-ring (bicyclic) bond motifs is 1. The lowest BCUT2D eigenvalue weighted by Gasteiger charge is -2.10. The molecule has 2 aromatic heterocycles. The van der Waals surface area contributed by atoms with Crippen LogP contribution < -0.4 is 4.74 Å². The average molecular weight is 399 g/mol. The molecule has 29 heavy (non-hydrogen) atoms. The van der Waals surface area contributed by atoms with Crippen LogP contribution in [0.1, 0.15) is 75.3 Å². The van der Waals surface area contributed by atoms with Crippen molar-refractivity contribution in [1.29, 1.82) is 0 Å². The SMILES string of the molecule is CC.CC.CC.COc1c(CCC(=O)c2ccccc2)ccn2c(C)c(C)nc12. The van der Waals surface area contributed by atoms with Crippen LogP contribution in [0.25, 0.3) is 5.65 Å². The highest BCUT2D eigenvalue weighted by molar-refractivity contribution is 5.96. The van der Waals surface area contributed by atoms with Crippen LogP contribution in [0.2, 0.25) is 0 Å². The van der Waals surface area contributed by atoms with Gasteiger partial charge in [0.05, 0.1) is 12.8 Å². The normalized spacial score (nSPS) is 9.28. The molecule has 0 saturated heterocycles. The number of imidazole rings is 1. The lowest BCUT2D eigenvalue weighted by Crippen LogP contribution is -2.03. The zero-order valence-electron chi connectivity index (χ0n) is 19.7. The van der Waals surface area contributed by atoms with Crippen LogP contribution in [-0.4, -0.2) is 22.3 Å². The molecule has 3 aromatic rings. The highest BCUT2D eigenvalue weighted by Crippen LogP contribution is 2.27. The third-order valence-electron chi connectivity index (χ3n) is 4.23. The van der Waals surface area contributed by atoms with Crippen LogP contribution in [0.15, 0.2) is 42.6 Å². The molecule has 0 fully saturated rings. The Kier molecular flexibility index (Phi) is 13.1. The Balaban J connectivity index is 0.00000120. The van der Waals surface area contributed by atoms with E-state index in [9.17, 15) is 4.79 Å². The first-order chi connectivity index (χ1) is 14.1. The fourth-order valence-electron chi connectivity index (χ4n) is 2.79. The minimum Gasteiger partial charge on any atom is -0.493 e. The minimum atomic E-state index is 0.142. The standard InChI is InChI=1S/C19H20N2O2.3C2H6/c1-13-14(2)21-12-11-16(18(23-3)19(21)20-13)9-10-17(22)15-7-5-4-6-8-15;3*1-2/h4-8,11-12H,9-10H2,1-3H3;3*1-2H3. The molecule has 4 nitrogen and oxygen atoms in total. The van der Waals surface area contributed by atoms with Crippen LogP contribution in [0.5, 0.6) is 5.75 Å². The van der Waals surface area contributed by atoms with Crippen LogP contribution in [0.4, 0.5) is 0 Å². The molecule has 4 heteroatoms. The topological polar surface area (TPSA) is 43.6 Å². The Labute approximate surface area is 176 Å². The molecular formula is C25H38N2O2. The zero-order chi connectivity index (χ0) is 22.4. The summed E-state index contributed by atoms with van der Waals surface area (Å²) in [5.41, 5.74) is 4.66. The lowest BCUT2D eigenvalue weighted by molar-refractivity contribution is 0.0982. The third kappa shape index (κ3) is 6.74. The Morgan fingerprint density at radius 2 is 1.55 bits per heavy atom. The molecule has 0 saturated carbocycles. The van der Waals surface area contributed by atoms with Gasteiger partial charge in [0.2, 0.25) is 0 Å². The first-order valence-electron chi connectivity index (χ1n) is 10.7. The van der Waals surface area contributed by atoms with Gasteiger partial charge in [0.25, 0.3) is 0 Å². The number of benzene rings is 1. The predicted molar refractivity (Wildman–Crippen MR) is 124 cm³/mol. The first kappa shape index (κ1) is 26.4. The Morgan fingerprint density at radius 1 is 0.966 bits per heavy atom. The molecule has 0 bridgehead atoms. The minimum absolute atomic E-state index is 0.142. The number of ether oxygens (including phenoxy) is 1. The molecule has 3 rings (SSSR count). The summed E-state index contributed by atoms with van der Waals surface area (Å²) in [4.78, 5) is 16.9. The first-order valence-corrected chi connectivity index (χ1v) is 10.7. The summed E-state index contributed by atoms with van der Waals surface area (Å²) >= 11 is 0. The number of carbonyl (C=O) groups excluding carboxylic acids is 1. The average Bonchev–Trinajstić information content (AvgIpc) is 3.10. The molecule has 0 aliphatic rings. The van der Waals surface area contributed by atoms with E-state index in [-0.39, 0.29) is 5.78 Å². The molecule has 2 heterocycles. The molecule has 0 aliphatic carbocycles. The maximum atomic E-state index is 12.3. The molecule has 0 aliphatic heterocycles. The molecule has 0 unspecified atom stereocenters. The van der Waals surface area contributed by atoms with Gasteiger partial charge < -0.3 is 9.14 Å². The van der Waals surface area contributed by atoms with Gasteiger partial charge in [-0.15, -0.1) is 0 Å². The Morgan fingerprint density at radius 3 is 2.10 bits per heavy atom. The molecule has 0 N–H and O–H groups in total. The van der Waals surface area contributed by atoms with Gasteiger partial charge in [0.1, 0.15) is 0 Å². The second-order valence-corrected chi connectivity index (χ2v) is 5.64. The van der Waals surface area contributed by atoms with Gasteiger partial charge in [0, 0.05) is 23.9 Å². The highest BCUT2D eigenvalue weighted by Gasteiger charge is 2.15. The number of aryl methyl sites for hydroxylation is 3. The van der Waals surface area contributed by atoms with Crippen molar-refractivity contribution in [1.82, 2.24) is 9.38 Å². The maximum absolute atomic E-state index is 12.3. The number of hydrogen-bond acceptors (Lipinski definition) is 3. The molecule has 1 aromatic carbocycles. The summed E-state index contributed by atoms with van der Waals surface area (Å²) in [7, 11) is 1.65. The quantitative estimate of drug-likeness (QED) is 0.441. The number of rotatable bonds is 5. The van der Waals surface area contributed by atoms with Crippen molar-refractivity contribution in [2.24, 2.45) is 0 Å². The number of methoxy groups -OCH3 is 1. The Hall–Kier alpha value is -2.62. The zero-order valence-corrected chi connectivity index (χ0v) is 19.7. The van der Waals surface area contributed by atoms with Crippen molar-refractivity contribution in [3.05, 3.63) is 65.1 Å². The number of pyridine rings is 1. The fourth-order valence-corrected chi connectivity index (χ4v) is 2.79. The summed E-state index contributed by atoms with van der Waals surface area (Å²) < 4.78 is 7.59. The Bertz CT molecular complexity index is 852. The van der Waals surface area contributed by atoms with Gasteiger partial charge in [-0.1, -0.05) is 71.9 Å². The number of ketones is 1. The van der Waals surface area contributed by atoms with Crippen molar-refractivity contribution in [3.8, 4) is 5.75 Å². The van der Waals surface area contributed by atoms with E-state index in [1.54, 1.807) is 7.11 Å². The molecule has 0 spiro atoms. The molecule has 0 radical (unpaired) electrons. The van der Waals surface area contributed by atoms with Gasteiger partial charge in [0.15, 0.2) is 17.2 Å². The maximum Gasteiger partial charge on any atom is 0.180 e. The number of aromatic nitrogens is 2. The van der Waals surface area contributed by atoms with Crippen LogP contribution in [0.3, 0.4) is 0 Å². The predicted octanol–water partition coefficient (Wildman–Crippen LogP) is 6.85. The van der Waals surface area contributed by atoms with E-state index >= 15 is 0 Å². The molecule has 160 valence electrons. The van der Waals surface area contributed by atoms with E-state index in [0.29, 0.717) is 12.8 Å². The molecule has 0 amide bonds. The van der Waals surface area contributed by atoms with Crippen LogP contribution in [0, 0.1) is 13.8 Å². The summed E-state index contributed by atoms with van der Waals surface area (Å²) in [5.74, 6) is 0.896. The number of carbonyl (C=O) groups is 1. The third-order valence-corrected chi connectivity index (χ3v) is 4.23. The fraction of sp³-hybridized carbons (Fsp3) is 0.440. The van der Waals surface area contributed by atoms with E-state index < -0.39 is 0 Å². The number of nitrogens with zero attached hydrogens (tertiary/aromatic N) is 2. The van der Waals surface area contributed by atoms with Crippen molar-refractivity contribution in [3.63, 3.8) is 0 Å². The van der Waals surface area contributed by atoms with Crippen molar-refractivity contribution < 1.29 is 9.53 Å². The monoisotopic (exact) mass is 398 g/mol. The van der Waals surface area contributed by atoms with Crippen LogP contribution >= 0.6 is 0 Å². The van der Waals surface area contributed by atoms with Gasteiger partial charge in [-0.2, -0.15) is 0 Å². The largest absolute Gasteiger partial charge is 0.493 e. The smallest absolute Gasteiger partial charge is 0.180 e. The molecular weight excluding hydrogens is 360 g/mol. The van der Waals surface area contributed by atoms with E-state index in [1.165, 1.54) is 0 Å². The van der Waals surface area contributed by atoms with E-state index in [0.717, 1.165) is 33.9 Å². The van der Waals surface area contributed by atoms with E-state index in [1.807, 2.05) is 102 Å². The highest BCUT2D eigenvalue weighted by atomic mass is 16.5. The van der Waals surface area contributed by atoms with Crippen LogP contribution in [-0.2, 0) is 6.42 Å². The van der Waals surface area contributed by atoms with Gasteiger partial charge >= 0.3 is 0 Å². The summed E-state index contributed by atoms with van der Waals surface area (Å²) in [6.07, 6.45) is 3.09. The number of hydrogen-bond donors (Lipinski definition) is 0. The second-order valence-electron chi connectivity index (χ2n) is 5.64. The van der Waals surface area contributed by atoms with Gasteiger partial charge in [-0.05, 0) is 31.9 Å². The van der Waals surface area contributed by atoms with Gasteiger partial charge in [-0.3, -0.25) is 4.79 Å². The summed E-state index contributed by atoms with van der Waals surface area (Å²) in [5, 5.41) is 0. The summed E-state index contributed by atoms with van der Waals surface area (Å²) in [6, 6.07) is 11.4. The molecule has 0 atom stereocenters. The number of Topliss-reactive ketones (excluding diaryl/α,β-unsaturated/α-hetero) is 1. The van der Waals surface area contributed by atoms with E-state index in [2.05, 4.69) is 4.98 Å². The van der Waals surface area contributed by atoms with Crippen molar-refractivity contribution >= 4 is 11.4 Å². The lowest BCUT2D eigenvalue weighted by atomic mass is 10.0.